The second-order valence-corrected chi connectivity index (χ2v) is 5.85. The summed E-state index contributed by atoms with van der Waals surface area (Å²) in [5, 5.41) is 8.25. The Morgan fingerprint density at radius 2 is 2.28 bits per heavy atom. The van der Waals surface area contributed by atoms with Gasteiger partial charge in [-0.05, 0) is 32.3 Å². The standard InChI is InChI=1S/C14H19N3O/c1-9-12-10(17-16-9)6-8-15-13(12)18-11-5-4-7-14(11,2)3/h6,8,11H,4-5,7H2,1-3H3,(H,16,17). The summed E-state index contributed by atoms with van der Waals surface area (Å²) in [5.74, 6) is 0.721. The minimum atomic E-state index is 0.238. The number of nitrogens with one attached hydrogen (secondary N) is 1. The van der Waals surface area contributed by atoms with Crippen LogP contribution in [0, 0.1) is 12.3 Å². The average molecular weight is 245 g/mol. The van der Waals surface area contributed by atoms with Crippen LogP contribution in [0.4, 0.5) is 0 Å². The maximum Gasteiger partial charge on any atom is 0.225 e. The van der Waals surface area contributed by atoms with Crippen molar-refractivity contribution in [2.75, 3.05) is 0 Å². The van der Waals surface area contributed by atoms with Crippen molar-refractivity contribution >= 4 is 10.9 Å². The maximum absolute atomic E-state index is 6.17. The van der Waals surface area contributed by atoms with Crippen molar-refractivity contribution in [1.82, 2.24) is 15.2 Å². The molecule has 96 valence electrons. The first-order valence-corrected chi connectivity index (χ1v) is 6.54. The molecule has 0 amide bonds. The molecule has 2 aromatic heterocycles. The number of rotatable bonds is 2. The van der Waals surface area contributed by atoms with E-state index < -0.39 is 0 Å². The van der Waals surface area contributed by atoms with Gasteiger partial charge in [0.15, 0.2) is 0 Å². The van der Waals surface area contributed by atoms with E-state index in [0.717, 1.165) is 28.9 Å². The number of pyridine rings is 1. The minimum Gasteiger partial charge on any atom is -0.473 e. The Morgan fingerprint density at radius 1 is 1.44 bits per heavy atom. The average Bonchev–Trinajstić information content (AvgIpc) is 2.85. The quantitative estimate of drug-likeness (QED) is 0.883. The molecule has 3 rings (SSSR count). The summed E-state index contributed by atoms with van der Waals surface area (Å²) in [5.41, 5.74) is 2.18. The highest BCUT2D eigenvalue weighted by Gasteiger charge is 2.36. The van der Waals surface area contributed by atoms with Crippen LogP contribution in [0.25, 0.3) is 10.9 Å². The lowest BCUT2D eigenvalue weighted by molar-refractivity contribution is 0.100. The Morgan fingerprint density at radius 3 is 3.00 bits per heavy atom. The molecular weight excluding hydrogens is 226 g/mol. The summed E-state index contributed by atoms with van der Waals surface area (Å²) in [4.78, 5) is 4.39. The fourth-order valence-electron chi connectivity index (χ4n) is 2.82. The molecule has 0 spiro atoms. The lowest BCUT2D eigenvalue weighted by Gasteiger charge is -2.27. The monoisotopic (exact) mass is 245 g/mol. The number of aromatic nitrogens is 3. The Balaban J connectivity index is 1.98. The molecule has 4 heteroatoms. The number of ether oxygens (including phenoxy) is 1. The van der Waals surface area contributed by atoms with Crippen LogP contribution in [0.2, 0.25) is 0 Å². The van der Waals surface area contributed by atoms with Gasteiger partial charge in [0.1, 0.15) is 6.10 Å². The SMILES string of the molecule is Cc1[nH]nc2ccnc(OC3CCCC3(C)C)c12. The molecule has 4 nitrogen and oxygen atoms in total. The zero-order chi connectivity index (χ0) is 12.8. The summed E-state index contributed by atoms with van der Waals surface area (Å²) in [6, 6.07) is 1.91. The molecule has 0 aromatic carbocycles. The van der Waals surface area contributed by atoms with E-state index in [1.165, 1.54) is 12.8 Å². The first-order chi connectivity index (χ1) is 8.58. The second kappa shape index (κ2) is 3.97. The smallest absolute Gasteiger partial charge is 0.225 e. The van der Waals surface area contributed by atoms with Gasteiger partial charge in [-0.25, -0.2) is 4.98 Å². The zero-order valence-corrected chi connectivity index (χ0v) is 11.2. The van der Waals surface area contributed by atoms with E-state index in [1.54, 1.807) is 6.20 Å². The first-order valence-electron chi connectivity index (χ1n) is 6.54. The molecule has 1 unspecified atom stereocenters. The molecule has 0 bridgehead atoms. The van der Waals surface area contributed by atoms with Crippen molar-refractivity contribution in [1.29, 1.82) is 0 Å². The van der Waals surface area contributed by atoms with Crippen LogP contribution in [0.1, 0.15) is 38.8 Å². The van der Waals surface area contributed by atoms with Gasteiger partial charge in [-0.2, -0.15) is 5.10 Å². The third-order valence-electron chi connectivity index (χ3n) is 4.03. The first kappa shape index (κ1) is 11.5. The molecule has 0 aliphatic heterocycles. The molecule has 0 saturated heterocycles. The number of hydrogen-bond acceptors (Lipinski definition) is 3. The van der Waals surface area contributed by atoms with E-state index >= 15 is 0 Å². The van der Waals surface area contributed by atoms with Crippen LogP contribution in [-0.2, 0) is 0 Å². The summed E-state index contributed by atoms with van der Waals surface area (Å²) in [6.45, 7) is 6.55. The predicted molar refractivity (Wildman–Crippen MR) is 70.7 cm³/mol. The Kier molecular flexibility index (Phi) is 2.54. The number of H-pyrrole nitrogens is 1. The molecule has 1 atom stereocenters. The van der Waals surface area contributed by atoms with E-state index in [-0.39, 0.29) is 11.5 Å². The minimum absolute atomic E-state index is 0.238. The molecule has 0 radical (unpaired) electrons. The van der Waals surface area contributed by atoms with Gasteiger partial charge >= 0.3 is 0 Å². The van der Waals surface area contributed by atoms with E-state index in [2.05, 4.69) is 29.0 Å². The van der Waals surface area contributed by atoms with Crippen LogP contribution in [0.3, 0.4) is 0 Å². The summed E-state index contributed by atoms with van der Waals surface area (Å²) in [7, 11) is 0. The molecule has 18 heavy (non-hydrogen) atoms. The fraction of sp³-hybridized carbons (Fsp3) is 0.571. The van der Waals surface area contributed by atoms with E-state index in [9.17, 15) is 0 Å². The van der Waals surface area contributed by atoms with Crippen molar-refractivity contribution in [2.45, 2.75) is 46.1 Å². The molecule has 1 N–H and O–H groups in total. The lowest BCUT2D eigenvalue weighted by Crippen LogP contribution is -2.29. The highest BCUT2D eigenvalue weighted by atomic mass is 16.5. The molecular formula is C14H19N3O. The Hall–Kier alpha value is -1.58. The predicted octanol–water partition coefficient (Wildman–Crippen LogP) is 3.22. The number of nitrogens with zero attached hydrogens (tertiary/aromatic N) is 2. The summed E-state index contributed by atoms with van der Waals surface area (Å²) >= 11 is 0. The van der Waals surface area contributed by atoms with Gasteiger partial charge in [-0.1, -0.05) is 13.8 Å². The second-order valence-electron chi connectivity index (χ2n) is 5.85. The van der Waals surface area contributed by atoms with Crippen LogP contribution in [0.15, 0.2) is 12.3 Å². The van der Waals surface area contributed by atoms with Gasteiger partial charge in [0, 0.05) is 17.3 Å². The molecule has 1 saturated carbocycles. The van der Waals surface area contributed by atoms with Crippen molar-refractivity contribution in [3.8, 4) is 5.88 Å². The molecule has 1 aliphatic carbocycles. The molecule has 1 aliphatic rings. The largest absolute Gasteiger partial charge is 0.473 e. The van der Waals surface area contributed by atoms with Crippen LogP contribution < -0.4 is 4.74 Å². The van der Waals surface area contributed by atoms with Gasteiger partial charge in [-0.3, -0.25) is 5.10 Å². The van der Waals surface area contributed by atoms with Crippen molar-refractivity contribution in [3.05, 3.63) is 18.0 Å². The van der Waals surface area contributed by atoms with Gasteiger partial charge in [0.25, 0.3) is 0 Å². The van der Waals surface area contributed by atoms with Crippen LogP contribution in [0.5, 0.6) is 5.88 Å². The highest BCUT2D eigenvalue weighted by molar-refractivity contribution is 5.85. The maximum atomic E-state index is 6.17. The van der Waals surface area contributed by atoms with Crippen molar-refractivity contribution < 1.29 is 4.74 Å². The van der Waals surface area contributed by atoms with E-state index in [4.69, 9.17) is 4.74 Å². The normalized spacial score (nSPS) is 22.5. The third-order valence-corrected chi connectivity index (χ3v) is 4.03. The van der Waals surface area contributed by atoms with Gasteiger partial charge in [0.05, 0.1) is 10.9 Å². The summed E-state index contributed by atoms with van der Waals surface area (Å²) < 4.78 is 6.17. The van der Waals surface area contributed by atoms with E-state index in [1.807, 2.05) is 13.0 Å². The van der Waals surface area contributed by atoms with Gasteiger partial charge in [0.2, 0.25) is 5.88 Å². The van der Waals surface area contributed by atoms with Crippen LogP contribution in [-0.4, -0.2) is 21.3 Å². The molecule has 1 fully saturated rings. The molecule has 2 aromatic rings. The number of fused-ring (bicyclic) bond motifs is 1. The number of aryl methyl sites for hydroxylation is 1. The van der Waals surface area contributed by atoms with Gasteiger partial charge < -0.3 is 4.74 Å². The van der Waals surface area contributed by atoms with E-state index in [0.29, 0.717) is 0 Å². The number of aromatic amines is 1. The fourth-order valence-corrected chi connectivity index (χ4v) is 2.82. The molecule has 2 heterocycles. The Bertz CT molecular complexity index is 573. The number of hydrogen-bond donors (Lipinski definition) is 1. The van der Waals surface area contributed by atoms with Crippen LogP contribution >= 0.6 is 0 Å². The zero-order valence-electron chi connectivity index (χ0n) is 11.2. The lowest BCUT2D eigenvalue weighted by atomic mass is 9.89. The van der Waals surface area contributed by atoms with Gasteiger partial charge in [-0.15, -0.1) is 0 Å². The van der Waals surface area contributed by atoms with Crippen molar-refractivity contribution in [2.24, 2.45) is 5.41 Å². The third kappa shape index (κ3) is 1.76. The highest BCUT2D eigenvalue weighted by Crippen LogP contribution is 2.40. The summed E-state index contributed by atoms with van der Waals surface area (Å²) in [6.07, 6.45) is 5.59. The Labute approximate surface area is 107 Å². The topological polar surface area (TPSA) is 50.8 Å². The van der Waals surface area contributed by atoms with Crippen molar-refractivity contribution in [3.63, 3.8) is 0 Å².